The first kappa shape index (κ1) is 15.3. The van der Waals surface area contributed by atoms with Crippen molar-refractivity contribution >= 4 is 5.91 Å². The Labute approximate surface area is 127 Å². The maximum atomic E-state index is 12.7. The molecule has 0 aromatic heterocycles. The van der Waals surface area contributed by atoms with Gasteiger partial charge in [0.05, 0.1) is 18.6 Å². The highest BCUT2D eigenvalue weighted by atomic mass is 16.5. The molecule has 2 saturated heterocycles. The van der Waals surface area contributed by atoms with Gasteiger partial charge in [0.25, 0.3) is 0 Å². The van der Waals surface area contributed by atoms with Crippen molar-refractivity contribution in [3.8, 4) is 0 Å². The molecule has 21 heavy (non-hydrogen) atoms. The second-order valence-electron chi connectivity index (χ2n) is 7.01. The number of hydrogen-bond donors (Lipinski definition) is 1. The Kier molecular flexibility index (Phi) is 5.17. The van der Waals surface area contributed by atoms with Gasteiger partial charge in [-0.1, -0.05) is 6.42 Å². The quantitative estimate of drug-likeness (QED) is 0.870. The van der Waals surface area contributed by atoms with E-state index in [1.165, 1.54) is 12.8 Å². The zero-order chi connectivity index (χ0) is 14.7. The molecule has 3 fully saturated rings. The molecule has 1 N–H and O–H groups in total. The van der Waals surface area contributed by atoms with E-state index in [4.69, 9.17) is 4.74 Å². The van der Waals surface area contributed by atoms with Gasteiger partial charge < -0.3 is 14.7 Å². The molecular formula is C17H29NO3. The number of carbonyl (C=O) groups excluding carboxylic acids is 1. The van der Waals surface area contributed by atoms with E-state index < -0.39 is 0 Å². The molecule has 1 aliphatic carbocycles. The lowest BCUT2D eigenvalue weighted by atomic mass is 9.87. The van der Waals surface area contributed by atoms with E-state index >= 15 is 0 Å². The van der Waals surface area contributed by atoms with E-state index in [1.54, 1.807) is 0 Å². The Morgan fingerprint density at radius 1 is 1.05 bits per heavy atom. The van der Waals surface area contributed by atoms with E-state index in [1.807, 2.05) is 0 Å². The normalized spacial score (nSPS) is 37.7. The lowest BCUT2D eigenvalue weighted by Crippen LogP contribution is -2.50. The molecule has 1 saturated carbocycles. The number of likely N-dealkylation sites (tertiary alicyclic amines) is 1. The first-order valence-corrected chi connectivity index (χ1v) is 8.85. The van der Waals surface area contributed by atoms with Crippen molar-refractivity contribution in [2.75, 3.05) is 13.2 Å². The van der Waals surface area contributed by atoms with Crippen LogP contribution in [0.2, 0.25) is 0 Å². The Morgan fingerprint density at radius 3 is 2.62 bits per heavy atom. The van der Waals surface area contributed by atoms with Gasteiger partial charge in [-0.2, -0.15) is 0 Å². The summed E-state index contributed by atoms with van der Waals surface area (Å²) in [5.41, 5.74) is 0. The molecule has 4 nitrogen and oxygen atoms in total. The molecule has 0 spiro atoms. The number of aliphatic hydroxyl groups excluding tert-OH is 1. The summed E-state index contributed by atoms with van der Waals surface area (Å²) in [6.07, 6.45) is 10.3. The Balaban J connectivity index is 1.61. The van der Waals surface area contributed by atoms with Gasteiger partial charge >= 0.3 is 0 Å². The van der Waals surface area contributed by atoms with Crippen LogP contribution in [0.5, 0.6) is 0 Å². The number of amides is 1. The van der Waals surface area contributed by atoms with Crippen LogP contribution < -0.4 is 0 Å². The number of aliphatic hydroxyl groups is 1. The van der Waals surface area contributed by atoms with Gasteiger partial charge in [-0.25, -0.2) is 0 Å². The minimum atomic E-state index is -0.200. The first-order chi connectivity index (χ1) is 10.3. The second-order valence-corrected chi connectivity index (χ2v) is 7.01. The fourth-order valence-corrected chi connectivity index (χ4v) is 4.41. The van der Waals surface area contributed by atoms with Gasteiger partial charge in [-0.3, -0.25) is 4.79 Å². The maximum absolute atomic E-state index is 12.7. The summed E-state index contributed by atoms with van der Waals surface area (Å²) in [7, 11) is 0. The standard InChI is InChI=1S/C17H29NO3/c19-16-9-5-7-14(16)15-8-1-3-10-18(15)17(20)12-13-6-2-4-11-21-13/h13-16,19H,1-12H2. The van der Waals surface area contributed by atoms with E-state index in [0.717, 1.165) is 58.1 Å². The van der Waals surface area contributed by atoms with Crippen LogP contribution in [0.15, 0.2) is 0 Å². The predicted octanol–water partition coefficient (Wildman–Crippen LogP) is 2.49. The molecule has 0 bridgehead atoms. The summed E-state index contributed by atoms with van der Waals surface area (Å²) < 4.78 is 5.72. The second kappa shape index (κ2) is 7.10. The molecule has 0 radical (unpaired) electrons. The summed E-state index contributed by atoms with van der Waals surface area (Å²) >= 11 is 0. The monoisotopic (exact) mass is 295 g/mol. The average molecular weight is 295 g/mol. The zero-order valence-corrected chi connectivity index (χ0v) is 13.0. The average Bonchev–Trinajstić information content (AvgIpc) is 2.94. The van der Waals surface area contributed by atoms with Gasteiger partial charge in [0.2, 0.25) is 5.91 Å². The van der Waals surface area contributed by atoms with E-state index in [2.05, 4.69) is 4.90 Å². The molecule has 0 aromatic rings. The topological polar surface area (TPSA) is 49.8 Å². The maximum Gasteiger partial charge on any atom is 0.225 e. The summed E-state index contributed by atoms with van der Waals surface area (Å²) in [4.78, 5) is 14.8. The van der Waals surface area contributed by atoms with Crippen molar-refractivity contribution in [1.29, 1.82) is 0 Å². The van der Waals surface area contributed by atoms with Crippen LogP contribution in [-0.4, -0.2) is 47.3 Å². The highest BCUT2D eigenvalue weighted by Gasteiger charge is 2.39. The van der Waals surface area contributed by atoms with Crippen LogP contribution in [0.1, 0.15) is 64.2 Å². The molecule has 3 aliphatic rings. The van der Waals surface area contributed by atoms with E-state index in [0.29, 0.717) is 12.3 Å². The minimum Gasteiger partial charge on any atom is -0.393 e. The van der Waals surface area contributed by atoms with E-state index in [-0.39, 0.29) is 24.2 Å². The Bertz CT molecular complexity index is 354. The molecule has 4 heteroatoms. The number of ether oxygens (including phenoxy) is 1. The van der Waals surface area contributed by atoms with Gasteiger partial charge in [0, 0.05) is 25.1 Å². The van der Waals surface area contributed by atoms with Crippen molar-refractivity contribution in [2.24, 2.45) is 5.92 Å². The van der Waals surface area contributed by atoms with Crippen LogP contribution in [0.25, 0.3) is 0 Å². The third kappa shape index (κ3) is 3.59. The van der Waals surface area contributed by atoms with Crippen molar-refractivity contribution in [1.82, 2.24) is 4.90 Å². The number of rotatable bonds is 3. The Hall–Kier alpha value is -0.610. The highest BCUT2D eigenvalue weighted by Crippen LogP contribution is 2.35. The smallest absolute Gasteiger partial charge is 0.225 e. The van der Waals surface area contributed by atoms with Gasteiger partial charge in [-0.05, 0) is 51.4 Å². The SMILES string of the molecule is O=C(CC1CCCCO1)N1CCCCC1C1CCCC1O. The first-order valence-electron chi connectivity index (χ1n) is 8.85. The molecule has 0 aromatic carbocycles. The predicted molar refractivity (Wildman–Crippen MR) is 80.9 cm³/mol. The number of nitrogens with zero attached hydrogens (tertiary/aromatic N) is 1. The largest absolute Gasteiger partial charge is 0.393 e. The lowest BCUT2D eigenvalue weighted by molar-refractivity contribution is -0.141. The molecule has 1 amide bonds. The molecule has 4 unspecified atom stereocenters. The minimum absolute atomic E-state index is 0.127. The molecule has 3 rings (SSSR count). The summed E-state index contributed by atoms with van der Waals surface area (Å²) in [5, 5.41) is 10.2. The van der Waals surface area contributed by atoms with Gasteiger partial charge in [-0.15, -0.1) is 0 Å². The number of hydrogen-bond acceptors (Lipinski definition) is 3. The molecule has 2 heterocycles. The van der Waals surface area contributed by atoms with Crippen molar-refractivity contribution in [2.45, 2.75) is 82.5 Å². The summed E-state index contributed by atoms with van der Waals surface area (Å²) in [6, 6.07) is 0.271. The summed E-state index contributed by atoms with van der Waals surface area (Å²) in [6.45, 7) is 1.68. The number of carbonyl (C=O) groups is 1. The lowest BCUT2D eigenvalue weighted by Gasteiger charge is -2.41. The van der Waals surface area contributed by atoms with E-state index in [9.17, 15) is 9.90 Å². The van der Waals surface area contributed by atoms with Crippen molar-refractivity contribution < 1.29 is 14.6 Å². The number of piperidine rings is 1. The van der Waals surface area contributed by atoms with Gasteiger partial charge in [0.15, 0.2) is 0 Å². The van der Waals surface area contributed by atoms with Crippen LogP contribution in [0.3, 0.4) is 0 Å². The Morgan fingerprint density at radius 2 is 1.90 bits per heavy atom. The third-order valence-electron chi connectivity index (χ3n) is 5.57. The fraction of sp³-hybridized carbons (Fsp3) is 0.941. The van der Waals surface area contributed by atoms with Crippen molar-refractivity contribution in [3.63, 3.8) is 0 Å². The fourth-order valence-electron chi connectivity index (χ4n) is 4.41. The van der Waals surface area contributed by atoms with Crippen LogP contribution in [-0.2, 0) is 9.53 Å². The summed E-state index contributed by atoms with van der Waals surface area (Å²) in [5.74, 6) is 0.562. The molecule has 4 atom stereocenters. The molecular weight excluding hydrogens is 266 g/mol. The van der Waals surface area contributed by atoms with Crippen LogP contribution in [0.4, 0.5) is 0 Å². The van der Waals surface area contributed by atoms with Gasteiger partial charge in [0.1, 0.15) is 0 Å². The van der Waals surface area contributed by atoms with Crippen molar-refractivity contribution in [3.05, 3.63) is 0 Å². The molecule has 2 aliphatic heterocycles. The van der Waals surface area contributed by atoms with Crippen LogP contribution >= 0.6 is 0 Å². The molecule has 120 valence electrons. The third-order valence-corrected chi connectivity index (χ3v) is 5.57. The highest BCUT2D eigenvalue weighted by molar-refractivity contribution is 5.77. The zero-order valence-electron chi connectivity index (χ0n) is 13.0. The van der Waals surface area contributed by atoms with Crippen LogP contribution in [0, 0.1) is 5.92 Å².